The van der Waals surface area contributed by atoms with E-state index < -0.39 is 11.9 Å². The van der Waals surface area contributed by atoms with Gasteiger partial charge in [0.05, 0.1) is 5.92 Å². The molecule has 1 unspecified atom stereocenters. The topological polar surface area (TPSA) is 74.6 Å². The van der Waals surface area contributed by atoms with E-state index in [4.69, 9.17) is 10.2 Å². The van der Waals surface area contributed by atoms with Crippen molar-refractivity contribution >= 4 is 11.9 Å². The molecule has 0 aromatic carbocycles. The second-order valence-corrected chi connectivity index (χ2v) is 6.40. The van der Waals surface area contributed by atoms with Gasteiger partial charge >= 0.3 is 11.9 Å². The van der Waals surface area contributed by atoms with Crippen LogP contribution in [0.3, 0.4) is 0 Å². The molecule has 2 N–H and O–H groups in total. The Kier molecular flexibility index (Phi) is 14.7. The van der Waals surface area contributed by atoms with Crippen molar-refractivity contribution < 1.29 is 19.8 Å². The van der Waals surface area contributed by atoms with Crippen molar-refractivity contribution in [3.8, 4) is 0 Å². The Morgan fingerprint density at radius 1 is 0.783 bits per heavy atom. The summed E-state index contributed by atoms with van der Waals surface area (Å²) in [5, 5.41) is 17.3. The molecular formula is C19H34O4. The van der Waals surface area contributed by atoms with Gasteiger partial charge in [0, 0.05) is 6.42 Å². The Bertz CT molecular complexity index is 336. The van der Waals surface area contributed by atoms with Crippen molar-refractivity contribution in [2.75, 3.05) is 0 Å². The van der Waals surface area contributed by atoms with Crippen molar-refractivity contribution in [2.45, 2.75) is 90.4 Å². The molecule has 0 saturated heterocycles. The highest BCUT2D eigenvalue weighted by atomic mass is 16.4. The van der Waals surface area contributed by atoms with Gasteiger partial charge in [0.2, 0.25) is 0 Å². The third kappa shape index (κ3) is 16.9. The van der Waals surface area contributed by atoms with E-state index in [1.165, 1.54) is 25.7 Å². The Hall–Kier alpha value is -1.32. The van der Waals surface area contributed by atoms with Crippen molar-refractivity contribution in [2.24, 2.45) is 5.92 Å². The van der Waals surface area contributed by atoms with Crippen LogP contribution in [0.25, 0.3) is 0 Å². The summed E-state index contributed by atoms with van der Waals surface area (Å²) in [6.07, 6.45) is 17.7. The summed E-state index contributed by atoms with van der Waals surface area (Å²) < 4.78 is 0. The zero-order chi connectivity index (χ0) is 17.3. The minimum absolute atomic E-state index is 0.209. The molecule has 1 atom stereocenters. The molecule has 23 heavy (non-hydrogen) atoms. The van der Waals surface area contributed by atoms with Crippen molar-refractivity contribution in [3.05, 3.63) is 12.2 Å². The van der Waals surface area contributed by atoms with Crippen LogP contribution >= 0.6 is 0 Å². The van der Waals surface area contributed by atoms with Crippen LogP contribution in [-0.4, -0.2) is 22.2 Å². The Balaban J connectivity index is 3.20. The van der Waals surface area contributed by atoms with Crippen LogP contribution in [0.15, 0.2) is 12.2 Å². The first-order chi connectivity index (χ1) is 11.0. The number of carboxylic acid groups (broad SMARTS) is 2. The van der Waals surface area contributed by atoms with Crippen LogP contribution in [0.5, 0.6) is 0 Å². The molecule has 0 rings (SSSR count). The monoisotopic (exact) mass is 326 g/mol. The predicted octanol–water partition coefficient (Wildman–Crippen LogP) is 5.42. The molecular weight excluding hydrogens is 292 g/mol. The largest absolute Gasteiger partial charge is 0.481 e. The molecule has 0 saturated carbocycles. The summed E-state index contributed by atoms with van der Waals surface area (Å²) in [4.78, 5) is 21.0. The SMILES string of the molecule is CC(CCCCCCC=CCCCCCCCC(=O)O)C(=O)O. The first kappa shape index (κ1) is 21.7. The van der Waals surface area contributed by atoms with Gasteiger partial charge in [-0.05, 0) is 38.5 Å². The number of rotatable bonds is 16. The van der Waals surface area contributed by atoms with E-state index in [2.05, 4.69) is 12.2 Å². The molecule has 4 heteroatoms. The first-order valence-electron chi connectivity index (χ1n) is 9.13. The summed E-state index contributed by atoms with van der Waals surface area (Å²) in [7, 11) is 0. The normalized spacial score (nSPS) is 12.6. The Morgan fingerprint density at radius 3 is 1.78 bits per heavy atom. The Labute approximate surface area is 141 Å². The van der Waals surface area contributed by atoms with Gasteiger partial charge in [0.15, 0.2) is 0 Å². The van der Waals surface area contributed by atoms with Gasteiger partial charge in [0.1, 0.15) is 0 Å². The zero-order valence-electron chi connectivity index (χ0n) is 14.6. The Morgan fingerprint density at radius 2 is 1.26 bits per heavy atom. The molecule has 0 amide bonds. The molecule has 0 aliphatic carbocycles. The highest BCUT2D eigenvalue weighted by molar-refractivity contribution is 5.69. The number of aliphatic carboxylic acids is 2. The van der Waals surface area contributed by atoms with E-state index in [1.807, 2.05) is 0 Å². The van der Waals surface area contributed by atoms with E-state index in [1.54, 1.807) is 6.92 Å². The molecule has 0 aromatic heterocycles. The van der Waals surface area contributed by atoms with Gasteiger partial charge < -0.3 is 10.2 Å². The van der Waals surface area contributed by atoms with Gasteiger partial charge in [-0.2, -0.15) is 0 Å². The number of allylic oxidation sites excluding steroid dienone is 2. The molecule has 0 heterocycles. The zero-order valence-corrected chi connectivity index (χ0v) is 14.6. The lowest BCUT2D eigenvalue weighted by Gasteiger charge is -2.04. The van der Waals surface area contributed by atoms with Crippen molar-refractivity contribution in [1.82, 2.24) is 0 Å². The fourth-order valence-corrected chi connectivity index (χ4v) is 2.49. The third-order valence-electron chi connectivity index (χ3n) is 4.11. The van der Waals surface area contributed by atoms with Crippen LogP contribution in [0.2, 0.25) is 0 Å². The summed E-state index contributed by atoms with van der Waals surface area (Å²) in [6.45, 7) is 1.78. The molecule has 134 valence electrons. The van der Waals surface area contributed by atoms with Crippen LogP contribution in [0, 0.1) is 5.92 Å². The predicted molar refractivity (Wildman–Crippen MR) is 93.6 cm³/mol. The fraction of sp³-hybridized carbons (Fsp3) is 0.789. The van der Waals surface area contributed by atoms with Crippen molar-refractivity contribution in [1.29, 1.82) is 0 Å². The third-order valence-corrected chi connectivity index (χ3v) is 4.11. The standard InChI is InChI=1S/C19H34O4/c1-17(19(22)23)15-13-11-9-7-5-3-2-4-6-8-10-12-14-16-18(20)21/h2-3,17H,4-16H2,1H3,(H,20,21)(H,22,23). The molecule has 0 aliphatic rings. The average molecular weight is 326 g/mol. The molecule has 0 aliphatic heterocycles. The maximum absolute atomic E-state index is 10.7. The summed E-state index contributed by atoms with van der Waals surface area (Å²) >= 11 is 0. The van der Waals surface area contributed by atoms with Gasteiger partial charge in [-0.3, -0.25) is 9.59 Å². The van der Waals surface area contributed by atoms with Crippen LogP contribution in [0.4, 0.5) is 0 Å². The lowest BCUT2D eigenvalue weighted by molar-refractivity contribution is -0.141. The van der Waals surface area contributed by atoms with Crippen molar-refractivity contribution in [3.63, 3.8) is 0 Å². The molecule has 0 spiro atoms. The van der Waals surface area contributed by atoms with Crippen LogP contribution in [0.1, 0.15) is 90.4 Å². The number of unbranched alkanes of at least 4 members (excludes halogenated alkanes) is 9. The van der Waals surface area contributed by atoms with Crippen LogP contribution in [-0.2, 0) is 9.59 Å². The molecule has 0 fully saturated rings. The maximum atomic E-state index is 10.7. The van der Waals surface area contributed by atoms with Gasteiger partial charge in [-0.25, -0.2) is 0 Å². The average Bonchev–Trinajstić information content (AvgIpc) is 2.50. The fourth-order valence-electron chi connectivity index (χ4n) is 2.49. The number of carbonyl (C=O) groups is 2. The smallest absolute Gasteiger partial charge is 0.306 e. The van der Waals surface area contributed by atoms with Gasteiger partial charge in [-0.15, -0.1) is 0 Å². The molecule has 0 radical (unpaired) electrons. The number of hydrogen-bond donors (Lipinski definition) is 2. The van der Waals surface area contributed by atoms with E-state index >= 15 is 0 Å². The van der Waals surface area contributed by atoms with Gasteiger partial charge in [-0.1, -0.05) is 57.6 Å². The summed E-state index contributed by atoms with van der Waals surface area (Å²) in [5.74, 6) is -1.59. The second kappa shape index (κ2) is 15.6. The number of carboxylic acids is 2. The number of hydrogen-bond acceptors (Lipinski definition) is 2. The highest BCUT2D eigenvalue weighted by Crippen LogP contribution is 2.12. The minimum Gasteiger partial charge on any atom is -0.481 e. The van der Waals surface area contributed by atoms with E-state index in [0.717, 1.165) is 51.4 Å². The molecule has 0 bridgehead atoms. The quantitative estimate of drug-likeness (QED) is 0.293. The first-order valence-corrected chi connectivity index (χ1v) is 9.13. The van der Waals surface area contributed by atoms with E-state index in [9.17, 15) is 9.59 Å². The second-order valence-electron chi connectivity index (χ2n) is 6.40. The van der Waals surface area contributed by atoms with E-state index in [0.29, 0.717) is 6.42 Å². The summed E-state index contributed by atoms with van der Waals surface area (Å²) in [6, 6.07) is 0. The lowest BCUT2D eigenvalue weighted by atomic mass is 10.0. The van der Waals surface area contributed by atoms with E-state index in [-0.39, 0.29) is 5.92 Å². The molecule has 4 nitrogen and oxygen atoms in total. The van der Waals surface area contributed by atoms with Crippen LogP contribution < -0.4 is 0 Å². The van der Waals surface area contributed by atoms with Gasteiger partial charge in [0.25, 0.3) is 0 Å². The maximum Gasteiger partial charge on any atom is 0.306 e. The summed E-state index contributed by atoms with van der Waals surface area (Å²) in [5.41, 5.74) is 0. The molecule has 0 aromatic rings. The highest BCUT2D eigenvalue weighted by Gasteiger charge is 2.09. The lowest BCUT2D eigenvalue weighted by Crippen LogP contribution is -2.08. The minimum atomic E-state index is -0.690.